The van der Waals surface area contributed by atoms with Crippen LogP contribution in [0.4, 0.5) is 5.13 Å². The van der Waals surface area contributed by atoms with Crippen LogP contribution in [0.2, 0.25) is 0 Å². The average Bonchev–Trinajstić information content (AvgIpc) is 3.23. The molecule has 0 unspecified atom stereocenters. The van der Waals surface area contributed by atoms with Gasteiger partial charge in [0, 0.05) is 37.0 Å². The molecule has 3 rings (SSSR count). The first kappa shape index (κ1) is 19.8. The molecule has 0 saturated carbocycles. The number of carbonyl (C=O) groups is 3. The second-order valence-electron chi connectivity index (χ2n) is 5.99. The van der Waals surface area contributed by atoms with Crippen molar-refractivity contribution in [3.8, 4) is 0 Å². The molecule has 0 spiro atoms. The second-order valence-corrected chi connectivity index (χ2v) is 6.83. The van der Waals surface area contributed by atoms with Crippen molar-refractivity contribution in [1.82, 2.24) is 21.2 Å². The second kappa shape index (κ2) is 9.81. The minimum absolute atomic E-state index is 0.0367. The molecule has 3 N–H and O–H groups in total. The Balaban J connectivity index is 1.38. The van der Waals surface area contributed by atoms with Gasteiger partial charge in [0.15, 0.2) is 5.13 Å². The first-order valence-electron chi connectivity index (χ1n) is 8.84. The van der Waals surface area contributed by atoms with Crippen molar-refractivity contribution in [3.05, 3.63) is 47.0 Å². The van der Waals surface area contributed by atoms with Gasteiger partial charge in [-0.3, -0.25) is 25.2 Å². The van der Waals surface area contributed by atoms with Gasteiger partial charge >= 0.3 is 0 Å². The number of aromatic nitrogens is 1. The summed E-state index contributed by atoms with van der Waals surface area (Å²) in [5.41, 5.74) is 5.42. The maximum atomic E-state index is 12.1. The maximum Gasteiger partial charge on any atom is 0.289 e. The fourth-order valence-electron chi connectivity index (χ4n) is 2.50. The van der Waals surface area contributed by atoms with E-state index < -0.39 is 11.8 Å². The SMILES string of the molecule is O=C(CCNC(=O)c1ccccc1)NNC(=O)c1csc(N2CCOCC2)n1. The van der Waals surface area contributed by atoms with Crippen LogP contribution in [0, 0.1) is 0 Å². The summed E-state index contributed by atoms with van der Waals surface area (Å²) in [7, 11) is 0. The van der Waals surface area contributed by atoms with Gasteiger partial charge in [-0.05, 0) is 12.1 Å². The smallest absolute Gasteiger partial charge is 0.289 e. The van der Waals surface area contributed by atoms with Crippen LogP contribution in [0.25, 0.3) is 0 Å². The van der Waals surface area contributed by atoms with Gasteiger partial charge in [-0.2, -0.15) is 0 Å². The molecule has 1 aromatic heterocycles. The molecule has 2 heterocycles. The normalized spacial score (nSPS) is 13.6. The number of morpholine rings is 1. The lowest BCUT2D eigenvalue weighted by atomic mass is 10.2. The minimum Gasteiger partial charge on any atom is -0.378 e. The van der Waals surface area contributed by atoms with E-state index in [9.17, 15) is 14.4 Å². The number of nitrogens with one attached hydrogen (secondary N) is 3. The predicted molar refractivity (Wildman–Crippen MR) is 104 cm³/mol. The number of rotatable bonds is 6. The summed E-state index contributed by atoms with van der Waals surface area (Å²) in [6.07, 6.45) is 0.0367. The van der Waals surface area contributed by atoms with Crippen molar-refractivity contribution in [1.29, 1.82) is 0 Å². The summed E-state index contributed by atoms with van der Waals surface area (Å²) < 4.78 is 5.29. The van der Waals surface area contributed by atoms with Crippen LogP contribution in [0.3, 0.4) is 0 Å². The van der Waals surface area contributed by atoms with Gasteiger partial charge in [0.1, 0.15) is 5.69 Å². The minimum atomic E-state index is -0.488. The van der Waals surface area contributed by atoms with Crippen molar-refractivity contribution >= 4 is 34.2 Å². The van der Waals surface area contributed by atoms with E-state index in [0.29, 0.717) is 18.8 Å². The van der Waals surface area contributed by atoms with Gasteiger partial charge in [0.25, 0.3) is 11.8 Å². The number of carbonyl (C=O) groups excluding carboxylic acids is 3. The van der Waals surface area contributed by atoms with E-state index in [4.69, 9.17) is 4.74 Å². The number of hydrogen-bond donors (Lipinski definition) is 3. The van der Waals surface area contributed by atoms with Crippen molar-refractivity contribution in [2.24, 2.45) is 0 Å². The fraction of sp³-hybridized carbons (Fsp3) is 0.333. The molecule has 0 bridgehead atoms. The summed E-state index contributed by atoms with van der Waals surface area (Å²) in [5.74, 6) is -1.15. The largest absolute Gasteiger partial charge is 0.378 e. The number of benzene rings is 1. The average molecular weight is 403 g/mol. The highest BCUT2D eigenvalue weighted by atomic mass is 32.1. The molecule has 0 atom stereocenters. The molecule has 2 aromatic rings. The predicted octanol–water partition coefficient (Wildman–Crippen LogP) is 0.561. The topological polar surface area (TPSA) is 113 Å². The van der Waals surface area contributed by atoms with Crippen molar-refractivity contribution in [3.63, 3.8) is 0 Å². The highest BCUT2D eigenvalue weighted by Crippen LogP contribution is 2.21. The van der Waals surface area contributed by atoms with Crippen molar-refractivity contribution < 1.29 is 19.1 Å². The van der Waals surface area contributed by atoms with Crippen LogP contribution in [-0.2, 0) is 9.53 Å². The van der Waals surface area contributed by atoms with Crippen LogP contribution < -0.4 is 21.1 Å². The standard InChI is InChI=1S/C18H21N5O4S/c24-15(6-7-19-16(25)13-4-2-1-3-5-13)21-22-17(26)14-12-28-18(20-14)23-8-10-27-11-9-23/h1-5,12H,6-11H2,(H,19,25)(H,21,24)(H,22,26). The molecular weight excluding hydrogens is 382 g/mol. The Morgan fingerprint density at radius 3 is 2.57 bits per heavy atom. The highest BCUT2D eigenvalue weighted by Gasteiger charge is 2.17. The summed E-state index contributed by atoms with van der Waals surface area (Å²) in [6, 6.07) is 8.72. The number of ether oxygens (including phenoxy) is 1. The van der Waals surface area contributed by atoms with E-state index in [1.165, 1.54) is 11.3 Å². The number of anilines is 1. The van der Waals surface area contributed by atoms with Crippen LogP contribution in [0.5, 0.6) is 0 Å². The zero-order valence-corrected chi connectivity index (χ0v) is 16.0. The Labute approximate surface area is 166 Å². The number of amides is 3. The molecule has 1 aliphatic heterocycles. The summed E-state index contributed by atoms with van der Waals surface area (Å²) in [6.45, 7) is 2.91. The molecule has 1 aromatic carbocycles. The zero-order chi connectivity index (χ0) is 19.8. The third-order valence-corrected chi connectivity index (χ3v) is 4.90. The summed E-state index contributed by atoms with van der Waals surface area (Å²) in [4.78, 5) is 42.2. The van der Waals surface area contributed by atoms with Gasteiger partial charge in [-0.15, -0.1) is 11.3 Å². The Morgan fingerprint density at radius 1 is 1.07 bits per heavy atom. The van der Waals surface area contributed by atoms with Gasteiger partial charge in [-0.1, -0.05) is 18.2 Å². The van der Waals surface area contributed by atoms with E-state index in [2.05, 4.69) is 26.1 Å². The number of hydrazine groups is 1. The Hall–Kier alpha value is -2.98. The molecular formula is C18H21N5O4S. The Kier molecular flexibility index (Phi) is 6.93. The molecule has 10 heteroatoms. The quantitative estimate of drug-likeness (QED) is 0.608. The van der Waals surface area contributed by atoms with Crippen molar-refractivity contribution in [2.45, 2.75) is 6.42 Å². The zero-order valence-electron chi connectivity index (χ0n) is 15.1. The third-order valence-electron chi connectivity index (χ3n) is 4.00. The molecule has 0 aliphatic carbocycles. The lowest BCUT2D eigenvalue weighted by molar-refractivity contribution is -0.121. The van der Waals surface area contributed by atoms with Gasteiger partial charge in [0.2, 0.25) is 5.91 Å². The highest BCUT2D eigenvalue weighted by molar-refractivity contribution is 7.13. The maximum absolute atomic E-state index is 12.1. The first-order valence-corrected chi connectivity index (χ1v) is 9.72. The molecule has 1 fully saturated rings. The van der Waals surface area contributed by atoms with Gasteiger partial charge in [0.05, 0.1) is 13.2 Å². The van der Waals surface area contributed by atoms with E-state index >= 15 is 0 Å². The van der Waals surface area contributed by atoms with Crippen LogP contribution >= 0.6 is 11.3 Å². The molecule has 1 aliphatic rings. The van der Waals surface area contributed by atoms with Crippen LogP contribution in [0.1, 0.15) is 27.3 Å². The molecule has 28 heavy (non-hydrogen) atoms. The number of nitrogens with zero attached hydrogens (tertiary/aromatic N) is 2. The van der Waals surface area contributed by atoms with Crippen LogP contribution in [-0.4, -0.2) is 55.6 Å². The monoisotopic (exact) mass is 403 g/mol. The summed E-state index contributed by atoms with van der Waals surface area (Å²) >= 11 is 1.37. The lowest BCUT2D eigenvalue weighted by Gasteiger charge is -2.25. The van der Waals surface area contributed by atoms with E-state index in [0.717, 1.165) is 18.2 Å². The Bertz CT molecular complexity index is 820. The number of thiazole rings is 1. The molecule has 9 nitrogen and oxygen atoms in total. The van der Waals surface area contributed by atoms with E-state index in [-0.39, 0.29) is 24.6 Å². The van der Waals surface area contributed by atoms with Gasteiger partial charge in [-0.25, -0.2) is 4.98 Å². The fourth-order valence-corrected chi connectivity index (χ4v) is 3.36. The molecule has 0 radical (unpaired) electrons. The molecule has 148 valence electrons. The first-order chi connectivity index (χ1) is 13.6. The van der Waals surface area contributed by atoms with Crippen LogP contribution in [0.15, 0.2) is 35.7 Å². The molecule has 1 saturated heterocycles. The van der Waals surface area contributed by atoms with E-state index in [1.54, 1.807) is 29.6 Å². The van der Waals surface area contributed by atoms with Gasteiger partial charge < -0.3 is 15.0 Å². The van der Waals surface area contributed by atoms with Crippen molar-refractivity contribution in [2.75, 3.05) is 37.7 Å². The lowest BCUT2D eigenvalue weighted by Crippen LogP contribution is -2.43. The number of hydrogen-bond acceptors (Lipinski definition) is 7. The molecule has 3 amide bonds. The Morgan fingerprint density at radius 2 is 1.82 bits per heavy atom. The van der Waals surface area contributed by atoms with E-state index in [1.807, 2.05) is 6.07 Å². The summed E-state index contributed by atoms with van der Waals surface area (Å²) in [5, 5.41) is 5.05. The third kappa shape index (κ3) is 5.51.